The maximum absolute atomic E-state index is 12.4. The van der Waals surface area contributed by atoms with Gasteiger partial charge in [-0.25, -0.2) is 8.42 Å². The molecule has 0 aliphatic rings. The van der Waals surface area contributed by atoms with E-state index in [1.54, 1.807) is 43.3 Å². The molecule has 2 N–H and O–H groups in total. The maximum atomic E-state index is 12.4. The number of hydrogen-bond acceptors (Lipinski definition) is 6. The van der Waals surface area contributed by atoms with Crippen LogP contribution in [0, 0.1) is 13.8 Å². The first-order valence-electron chi connectivity index (χ1n) is 7.27. The van der Waals surface area contributed by atoms with Crippen LogP contribution in [0.2, 0.25) is 0 Å². The molecule has 7 nitrogen and oxygen atoms in total. The SMILES string of the molecule is Cc1ccc(S(=O)(=O)Nc2cccc(NC(=O)c3cnoc3C)c2)s1. The smallest absolute Gasteiger partial charge is 0.271 e. The van der Waals surface area contributed by atoms with Crippen LogP contribution in [0.5, 0.6) is 0 Å². The number of hydrogen-bond donors (Lipinski definition) is 2. The van der Waals surface area contributed by atoms with Crippen LogP contribution in [0.4, 0.5) is 11.4 Å². The summed E-state index contributed by atoms with van der Waals surface area (Å²) in [5.41, 5.74) is 1.12. The molecule has 2 aromatic heterocycles. The molecule has 0 unspecified atom stereocenters. The number of carbonyl (C=O) groups excluding carboxylic acids is 1. The van der Waals surface area contributed by atoms with Gasteiger partial charge >= 0.3 is 0 Å². The van der Waals surface area contributed by atoms with Crippen molar-refractivity contribution in [3.63, 3.8) is 0 Å². The summed E-state index contributed by atoms with van der Waals surface area (Å²) in [6.45, 7) is 3.47. The van der Waals surface area contributed by atoms with Crippen molar-refractivity contribution < 1.29 is 17.7 Å². The predicted molar refractivity (Wildman–Crippen MR) is 95.5 cm³/mol. The van der Waals surface area contributed by atoms with E-state index in [0.717, 1.165) is 4.88 Å². The first-order chi connectivity index (χ1) is 11.8. The molecule has 0 fully saturated rings. The number of anilines is 2. The first-order valence-corrected chi connectivity index (χ1v) is 9.57. The highest BCUT2D eigenvalue weighted by Gasteiger charge is 2.17. The summed E-state index contributed by atoms with van der Waals surface area (Å²) in [5.74, 6) is 0.0232. The minimum Gasteiger partial charge on any atom is -0.361 e. The van der Waals surface area contributed by atoms with Crippen LogP contribution < -0.4 is 10.0 Å². The third-order valence-electron chi connectivity index (χ3n) is 3.35. The fraction of sp³-hybridized carbons (Fsp3) is 0.125. The maximum Gasteiger partial charge on any atom is 0.271 e. The Kier molecular flexibility index (Phi) is 4.60. The number of sulfonamides is 1. The zero-order valence-electron chi connectivity index (χ0n) is 13.4. The minimum absolute atomic E-state index is 0.236. The molecule has 1 amide bonds. The molecule has 9 heteroatoms. The zero-order chi connectivity index (χ0) is 18.0. The van der Waals surface area contributed by atoms with E-state index in [-0.39, 0.29) is 10.1 Å². The molecule has 1 aromatic carbocycles. The molecular formula is C16H15N3O4S2. The van der Waals surface area contributed by atoms with Gasteiger partial charge in [0, 0.05) is 10.6 Å². The number of thiophene rings is 1. The molecule has 0 saturated carbocycles. The van der Waals surface area contributed by atoms with E-state index in [1.807, 2.05) is 6.92 Å². The summed E-state index contributed by atoms with van der Waals surface area (Å²) in [6, 6.07) is 9.76. The van der Waals surface area contributed by atoms with Gasteiger partial charge in [0.2, 0.25) is 0 Å². The lowest BCUT2D eigenvalue weighted by Crippen LogP contribution is -2.14. The number of benzene rings is 1. The van der Waals surface area contributed by atoms with Gasteiger partial charge in [0.15, 0.2) is 0 Å². The zero-order valence-corrected chi connectivity index (χ0v) is 15.1. The van der Waals surface area contributed by atoms with E-state index in [1.165, 1.54) is 17.5 Å². The van der Waals surface area contributed by atoms with Gasteiger partial charge in [-0.15, -0.1) is 11.3 Å². The van der Waals surface area contributed by atoms with Crippen LogP contribution in [0.15, 0.2) is 51.3 Å². The normalized spacial score (nSPS) is 11.3. The fourth-order valence-corrected chi connectivity index (χ4v) is 4.47. The van der Waals surface area contributed by atoms with Gasteiger partial charge in [-0.3, -0.25) is 9.52 Å². The van der Waals surface area contributed by atoms with Gasteiger partial charge in [0.1, 0.15) is 15.5 Å². The van der Waals surface area contributed by atoms with Crippen molar-refractivity contribution in [2.75, 3.05) is 10.0 Å². The van der Waals surface area contributed by atoms with E-state index < -0.39 is 10.0 Å². The van der Waals surface area contributed by atoms with Crippen LogP contribution in [0.25, 0.3) is 0 Å². The highest BCUT2D eigenvalue weighted by Crippen LogP contribution is 2.24. The summed E-state index contributed by atoms with van der Waals surface area (Å²) < 4.78 is 32.3. The summed E-state index contributed by atoms with van der Waals surface area (Å²) >= 11 is 1.19. The Bertz CT molecular complexity index is 1020. The van der Waals surface area contributed by atoms with Gasteiger partial charge in [0.05, 0.1) is 11.9 Å². The number of nitrogens with zero attached hydrogens (tertiary/aromatic N) is 1. The average Bonchev–Trinajstić information content (AvgIpc) is 3.16. The Balaban J connectivity index is 1.78. The summed E-state index contributed by atoms with van der Waals surface area (Å²) in [4.78, 5) is 13.1. The van der Waals surface area contributed by atoms with Crippen LogP contribution >= 0.6 is 11.3 Å². The molecule has 0 radical (unpaired) electrons. The fourth-order valence-electron chi connectivity index (χ4n) is 2.14. The van der Waals surface area contributed by atoms with Crippen molar-refractivity contribution in [1.29, 1.82) is 0 Å². The van der Waals surface area contributed by atoms with E-state index >= 15 is 0 Å². The third-order valence-corrected chi connectivity index (χ3v) is 6.22. The number of nitrogens with one attached hydrogen (secondary N) is 2. The highest BCUT2D eigenvalue weighted by atomic mass is 32.2. The Morgan fingerprint density at radius 1 is 1.16 bits per heavy atom. The van der Waals surface area contributed by atoms with Crippen LogP contribution in [0.1, 0.15) is 21.0 Å². The highest BCUT2D eigenvalue weighted by molar-refractivity contribution is 7.94. The second kappa shape index (κ2) is 6.69. The number of rotatable bonds is 5. The van der Waals surface area contributed by atoms with Crippen molar-refractivity contribution in [1.82, 2.24) is 5.16 Å². The van der Waals surface area contributed by atoms with Crippen molar-refractivity contribution >= 4 is 38.6 Å². The summed E-state index contributed by atoms with van der Waals surface area (Å²) in [5, 5.41) is 6.24. The van der Waals surface area contributed by atoms with E-state index in [4.69, 9.17) is 4.52 Å². The van der Waals surface area contributed by atoms with Gasteiger partial charge in [0.25, 0.3) is 15.9 Å². The van der Waals surface area contributed by atoms with E-state index in [0.29, 0.717) is 22.7 Å². The van der Waals surface area contributed by atoms with Crippen molar-refractivity contribution in [2.24, 2.45) is 0 Å². The lowest BCUT2D eigenvalue weighted by Gasteiger charge is -2.09. The Labute approximate surface area is 148 Å². The molecule has 130 valence electrons. The number of amides is 1. The molecule has 0 saturated heterocycles. The Morgan fingerprint density at radius 3 is 2.56 bits per heavy atom. The van der Waals surface area contributed by atoms with Crippen LogP contribution in [-0.4, -0.2) is 19.5 Å². The second-order valence-electron chi connectivity index (χ2n) is 5.30. The van der Waals surface area contributed by atoms with E-state index in [9.17, 15) is 13.2 Å². The molecule has 0 spiro atoms. The van der Waals surface area contributed by atoms with Crippen molar-refractivity contribution in [3.05, 3.63) is 58.8 Å². The van der Waals surface area contributed by atoms with E-state index in [2.05, 4.69) is 15.2 Å². The van der Waals surface area contributed by atoms with Gasteiger partial charge in [-0.2, -0.15) is 0 Å². The Morgan fingerprint density at radius 2 is 1.92 bits per heavy atom. The molecule has 0 aliphatic heterocycles. The molecule has 0 bridgehead atoms. The first kappa shape index (κ1) is 17.2. The van der Waals surface area contributed by atoms with Gasteiger partial charge < -0.3 is 9.84 Å². The van der Waals surface area contributed by atoms with Crippen LogP contribution in [0.3, 0.4) is 0 Å². The Hall–Kier alpha value is -2.65. The quantitative estimate of drug-likeness (QED) is 0.709. The lowest BCUT2D eigenvalue weighted by atomic mass is 10.2. The second-order valence-corrected chi connectivity index (χ2v) is 8.50. The van der Waals surface area contributed by atoms with Crippen molar-refractivity contribution in [3.8, 4) is 0 Å². The summed E-state index contributed by atoms with van der Waals surface area (Å²) in [6.07, 6.45) is 1.33. The molecule has 25 heavy (non-hydrogen) atoms. The molecule has 0 atom stereocenters. The number of carbonyl (C=O) groups is 1. The summed E-state index contributed by atoms with van der Waals surface area (Å²) in [7, 11) is -3.66. The van der Waals surface area contributed by atoms with Crippen LogP contribution in [-0.2, 0) is 10.0 Å². The molecule has 2 heterocycles. The van der Waals surface area contributed by atoms with Crippen molar-refractivity contribution in [2.45, 2.75) is 18.1 Å². The van der Waals surface area contributed by atoms with Gasteiger partial charge in [-0.1, -0.05) is 11.2 Å². The lowest BCUT2D eigenvalue weighted by molar-refractivity contribution is 0.102. The predicted octanol–water partition coefficient (Wildman–Crippen LogP) is 3.41. The third kappa shape index (κ3) is 3.89. The number of aromatic nitrogens is 1. The topological polar surface area (TPSA) is 101 Å². The van der Waals surface area contributed by atoms with Gasteiger partial charge in [-0.05, 0) is 44.2 Å². The largest absolute Gasteiger partial charge is 0.361 e. The standard InChI is InChI=1S/C16H15N3O4S2/c1-10-6-7-15(24-10)25(21,22)19-13-5-3-4-12(8-13)18-16(20)14-9-17-23-11(14)2/h3-9,19H,1-2H3,(H,18,20). The minimum atomic E-state index is -3.66. The monoisotopic (exact) mass is 377 g/mol. The molecule has 0 aliphatic carbocycles. The number of aryl methyl sites for hydroxylation is 2. The molecular weight excluding hydrogens is 362 g/mol. The molecule has 3 aromatic rings. The molecule has 3 rings (SSSR count). The average molecular weight is 377 g/mol.